The smallest absolute Gasteiger partial charge is 0.410 e. The normalized spacial score (nSPS) is 18.8. The van der Waals surface area contributed by atoms with E-state index < -0.39 is 106 Å². The van der Waals surface area contributed by atoms with Crippen molar-refractivity contribution in [3.05, 3.63) is 131 Å². The molecule has 0 radical (unpaired) electrons. The van der Waals surface area contributed by atoms with Crippen molar-refractivity contribution in [1.29, 1.82) is 0 Å². The van der Waals surface area contributed by atoms with Gasteiger partial charge in [0.2, 0.25) is 23.6 Å². The molecule has 4 unspecified atom stereocenters. The van der Waals surface area contributed by atoms with Crippen LogP contribution in [0.4, 0.5) is 26.2 Å². The molecule has 5 heterocycles. The van der Waals surface area contributed by atoms with Crippen molar-refractivity contribution < 1.29 is 75.5 Å². The summed E-state index contributed by atoms with van der Waals surface area (Å²) in [6.07, 6.45) is 12.0. The summed E-state index contributed by atoms with van der Waals surface area (Å²) >= 11 is 1.40. The van der Waals surface area contributed by atoms with Crippen LogP contribution in [0.3, 0.4) is 0 Å². The Morgan fingerprint density at radius 1 is 0.815 bits per heavy atom. The number of hydrogen-bond acceptors (Lipinski definition) is 19. The number of carboxylic acids is 1. The number of carboxylic acid groups (broad SMARTS) is 1. The number of primary amides is 1. The van der Waals surface area contributed by atoms with Gasteiger partial charge in [0.05, 0.1) is 34.4 Å². The van der Waals surface area contributed by atoms with Crippen molar-refractivity contribution in [2.45, 2.75) is 168 Å². The van der Waals surface area contributed by atoms with Gasteiger partial charge in [0.1, 0.15) is 31.1 Å². The molecule has 2 bridgehead atoms. The maximum atomic E-state index is 14.0. The molecule has 3 aromatic heterocycles. The largest absolute Gasteiger partial charge is 0.476 e. The summed E-state index contributed by atoms with van der Waals surface area (Å²) in [6.45, 7) is 10.5. The molecule has 2 aliphatic heterocycles. The Kier molecular flexibility index (Phi) is 26.6. The molecular weight excluding hydrogens is 1430 g/mol. The van der Waals surface area contributed by atoms with Crippen molar-refractivity contribution >= 4 is 108 Å². The van der Waals surface area contributed by atoms with Gasteiger partial charge < -0.3 is 56.7 Å². The molecule has 108 heavy (non-hydrogen) atoms. The molecule has 10 rings (SSSR count). The summed E-state index contributed by atoms with van der Waals surface area (Å²) in [7, 11) is -4.52. The molecule has 0 spiro atoms. The highest BCUT2D eigenvalue weighted by Crippen LogP contribution is 2.61. The van der Waals surface area contributed by atoms with Crippen molar-refractivity contribution in [2.75, 3.05) is 67.2 Å². The SMILES string of the molecule is CCCC1(C)CC2(Cn3ncc(-c4ccc(N5CCc6cccc(C(=O)Nc7nc8ccccc8s7)c6C5)nc4C(=O)O)c3C)CCCC(OCCN(CCS(=O)(=O)O)C(=O)OCc3ccc(NC(=O)[C@H](CCCNC(N)=O)NC(=O)C(NC(=O)CCCCCNC(=O)CN4C(=O)C=CC4=O)C(C)C)cc3)(C1)C2. The number of aromatic carboxylic acids is 1. The molecule has 10 amide bonds. The summed E-state index contributed by atoms with van der Waals surface area (Å²) < 4.78 is 49.8. The van der Waals surface area contributed by atoms with E-state index in [4.69, 9.17) is 25.3 Å². The number of nitrogens with two attached hydrogens (primary N) is 1. The van der Waals surface area contributed by atoms with E-state index in [1.165, 1.54) is 16.2 Å². The first-order valence-corrected chi connectivity index (χ1v) is 39.1. The van der Waals surface area contributed by atoms with Crippen LogP contribution >= 0.6 is 11.3 Å². The summed E-state index contributed by atoms with van der Waals surface area (Å²) in [5.41, 5.74) is 9.81. The number of rotatable bonds is 36. The fourth-order valence-electron chi connectivity index (χ4n) is 15.6. The molecule has 32 heteroatoms. The predicted molar refractivity (Wildman–Crippen MR) is 404 cm³/mol. The number of unbranched alkanes of at least 4 members (excludes halogenated alkanes) is 2. The van der Waals surface area contributed by atoms with Gasteiger partial charge in [-0.05, 0) is 160 Å². The number of carbonyl (C=O) groups excluding carboxylic acids is 9. The average Bonchev–Trinajstić information content (AvgIpc) is 0.954. The second kappa shape index (κ2) is 35.7. The monoisotopic (exact) mass is 1520 g/mol. The first-order valence-electron chi connectivity index (χ1n) is 36.6. The standard InChI is InChI=1S/C76H96N14O16S2/c1-6-30-74(5)44-75(47-90-49(4)55(40-80-90)53-25-26-60(84-66(53)70(98)99)88-35-29-51-15-12-16-54(56(51)41-88)67(95)86-72-83-57-17-9-10-19-59(57)107-72)31-14-32-76(45-74,46-75)106-38-36-87(37-39-108(102,103)104)73(101)105-43-50-21-23-52(24-22-50)81-68(96)58(18-13-34-79-71(77)100)82-69(97)65(48(2)3)85-61(91)20-8-7-11-33-78-62(92)42-89-63(93)27-28-64(89)94/h9-10,12,15-17,19,21-28,40,48,58,65H,6-8,11,13-14,18,20,29-39,41-47H2,1-5H3,(H,78,92)(H,81,96)(H,82,97)(H,85,91)(H,98,99)(H3,77,79,100)(H,83,86,95)(H,102,103,104)/t58-,65?,74?,75?,76?/m0/s1. The van der Waals surface area contributed by atoms with E-state index in [0.717, 1.165) is 89.0 Å². The molecule has 6 aromatic rings. The van der Waals surface area contributed by atoms with Gasteiger partial charge in [-0.2, -0.15) is 13.5 Å². The third kappa shape index (κ3) is 21.2. The summed E-state index contributed by atoms with van der Waals surface area (Å²) in [5.74, 6) is -5.47. The fourth-order valence-corrected chi connectivity index (χ4v) is 16.9. The average molecular weight is 1530 g/mol. The molecule has 4 aliphatic rings. The Bertz CT molecular complexity index is 4440. The number of pyridine rings is 1. The first-order chi connectivity index (χ1) is 51.5. The van der Waals surface area contributed by atoms with Crippen molar-refractivity contribution in [3.8, 4) is 11.1 Å². The van der Waals surface area contributed by atoms with Gasteiger partial charge in [-0.25, -0.2) is 24.4 Å². The number of carbonyl (C=O) groups is 10. The molecular formula is C76H96N14O16S2. The summed E-state index contributed by atoms with van der Waals surface area (Å²) in [6, 6.07) is 20.3. The van der Waals surface area contributed by atoms with E-state index in [1.54, 1.807) is 56.4 Å². The number of thiazole rings is 1. The highest BCUT2D eigenvalue weighted by molar-refractivity contribution is 7.85. The first kappa shape index (κ1) is 80.4. The van der Waals surface area contributed by atoms with Crippen molar-refractivity contribution in [3.63, 3.8) is 0 Å². The van der Waals surface area contributed by atoms with E-state index in [9.17, 15) is 66.0 Å². The number of ether oxygens (including phenoxy) is 2. The number of aromatic nitrogens is 4. The molecule has 0 saturated heterocycles. The number of amides is 10. The Morgan fingerprint density at radius 2 is 1.57 bits per heavy atom. The Hall–Kier alpha value is -10.2. The third-order valence-corrected chi connectivity index (χ3v) is 22.1. The number of urea groups is 1. The molecule has 30 nitrogen and oxygen atoms in total. The third-order valence-electron chi connectivity index (χ3n) is 20.5. The zero-order valence-corrected chi connectivity index (χ0v) is 63.1. The minimum absolute atomic E-state index is 0.0166. The van der Waals surface area contributed by atoms with Crippen LogP contribution in [0, 0.1) is 23.7 Å². The Labute approximate surface area is 630 Å². The number of nitrogens with one attached hydrogen (secondary N) is 6. The molecule has 2 fully saturated rings. The van der Waals surface area contributed by atoms with E-state index in [1.807, 2.05) is 59.0 Å². The minimum atomic E-state index is -4.52. The van der Waals surface area contributed by atoms with Crippen LogP contribution in [0.1, 0.15) is 161 Å². The van der Waals surface area contributed by atoms with E-state index in [-0.39, 0.29) is 74.5 Å². The lowest BCUT2D eigenvalue weighted by molar-refractivity contribution is -0.174. The maximum absolute atomic E-state index is 14.0. The van der Waals surface area contributed by atoms with E-state index >= 15 is 0 Å². The fraction of sp³-hybridized carbons (Fsp3) is 0.487. The molecule has 2 aliphatic carbocycles. The van der Waals surface area contributed by atoms with E-state index in [0.29, 0.717) is 90.6 Å². The zero-order valence-electron chi connectivity index (χ0n) is 61.5. The van der Waals surface area contributed by atoms with E-state index in [2.05, 4.69) is 50.7 Å². The van der Waals surface area contributed by atoms with Crippen LogP contribution in [0.2, 0.25) is 0 Å². The molecule has 10 N–H and O–H groups in total. The summed E-state index contributed by atoms with van der Waals surface area (Å²) in [4.78, 5) is 142. The van der Waals surface area contributed by atoms with Gasteiger partial charge in [-0.3, -0.25) is 53.0 Å². The minimum Gasteiger partial charge on any atom is -0.476 e. The van der Waals surface area contributed by atoms with Crippen molar-refractivity contribution in [1.82, 2.24) is 50.8 Å². The second-order valence-corrected chi connectivity index (χ2v) is 31.9. The number of fused-ring (bicyclic) bond motifs is 4. The number of nitrogens with zero attached hydrogens (tertiary/aromatic N) is 7. The van der Waals surface area contributed by atoms with Gasteiger partial charge in [0, 0.05) is 92.5 Å². The molecule has 5 atom stereocenters. The zero-order chi connectivity index (χ0) is 77.5. The van der Waals surface area contributed by atoms with Crippen LogP contribution in [0.5, 0.6) is 0 Å². The lowest BCUT2D eigenvalue weighted by Crippen LogP contribution is -2.55. The highest BCUT2D eigenvalue weighted by atomic mass is 32.2. The van der Waals surface area contributed by atoms with Gasteiger partial charge in [0.15, 0.2) is 10.8 Å². The number of anilines is 3. The van der Waals surface area contributed by atoms with Gasteiger partial charge in [0.25, 0.3) is 27.8 Å². The van der Waals surface area contributed by atoms with Crippen LogP contribution in [0.15, 0.2) is 97.2 Å². The number of benzene rings is 3. The van der Waals surface area contributed by atoms with Crippen LogP contribution in [-0.4, -0.2) is 176 Å². The van der Waals surface area contributed by atoms with Gasteiger partial charge >= 0.3 is 18.1 Å². The molecule has 578 valence electrons. The van der Waals surface area contributed by atoms with Crippen LogP contribution in [-0.2, 0) is 74.5 Å². The molecule has 2 saturated carbocycles. The number of imide groups is 1. The quantitative estimate of drug-likeness (QED) is 0.0101. The predicted octanol–water partition coefficient (Wildman–Crippen LogP) is 8.43. The lowest BCUT2D eigenvalue weighted by Gasteiger charge is -2.58. The van der Waals surface area contributed by atoms with Crippen LogP contribution < -0.4 is 42.5 Å². The number of para-hydroxylation sites is 1. The van der Waals surface area contributed by atoms with Crippen molar-refractivity contribution in [2.24, 2.45) is 22.5 Å². The highest BCUT2D eigenvalue weighted by Gasteiger charge is 2.56. The summed E-state index contributed by atoms with van der Waals surface area (Å²) in [5, 5.41) is 32.6. The Morgan fingerprint density at radius 3 is 2.30 bits per heavy atom. The topological polar surface area (TPSA) is 415 Å². The Balaban J connectivity index is 0.737. The lowest BCUT2D eigenvalue weighted by atomic mass is 9.51. The molecule has 3 aromatic carbocycles. The van der Waals surface area contributed by atoms with Gasteiger partial charge in [-0.1, -0.05) is 88.3 Å². The van der Waals surface area contributed by atoms with Gasteiger partial charge in [-0.15, -0.1) is 0 Å². The second-order valence-electron chi connectivity index (χ2n) is 29.3. The maximum Gasteiger partial charge on any atom is 0.410 e. The number of hydrogen-bond donors (Lipinski definition) is 9. The van der Waals surface area contributed by atoms with Crippen LogP contribution in [0.25, 0.3) is 21.3 Å².